The number of ether oxygens (including phenoxy) is 3. The maximum Gasteiger partial charge on any atom is 0.306 e. The molecule has 0 aliphatic rings. The molecule has 0 atom stereocenters. The molecule has 0 saturated carbocycles. The van der Waals surface area contributed by atoms with Gasteiger partial charge in [0.15, 0.2) is 6.10 Å². The lowest BCUT2D eigenvalue weighted by Gasteiger charge is -2.18. The number of unbranched alkanes of at least 4 members (excludes halogenated alkanes) is 15. The van der Waals surface area contributed by atoms with Crippen LogP contribution >= 0.6 is 0 Å². The first-order chi connectivity index (χ1) is 25.0. The van der Waals surface area contributed by atoms with Crippen molar-refractivity contribution in [3.8, 4) is 0 Å². The molecule has 0 saturated heterocycles. The third kappa shape index (κ3) is 37.9. The van der Waals surface area contributed by atoms with Gasteiger partial charge in [0, 0.05) is 19.3 Å². The van der Waals surface area contributed by atoms with Crippen LogP contribution in [0.3, 0.4) is 0 Å². The SMILES string of the molecule is CCCC/C=C\C=C/CCCCCC(=O)OCC(COC(=O)CCCCC/C=C\C=C/CCCC)OC(=O)CCCCC/C=C\C=C/CCCC. The Hall–Kier alpha value is -3.15. The molecule has 0 aliphatic heterocycles. The molecular formula is C45H74O6. The molecule has 0 N–H and O–H groups in total. The summed E-state index contributed by atoms with van der Waals surface area (Å²) in [5.41, 5.74) is 0. The molecule has 290 valence electrons. The molecule has 0 rings (SSSR count). The minimum absolute atomic E-state index is 0.110. The molecule has 0 aromatic carbocycles. The van der Waals surface area contributed by atoms with E-state index in [1.54, 1.807) is 0 Å². The van der Waals surface area contributed by atoms with E-state index < -0.39 is 6.10 Å². The van der Waals surface area contributed by atoms with Crippen LogP contribution in [0.5, 0.6) is 0 Å². The molecule has 0 spiro atoms. The second kappa shape index (κ2) is 39.6. The predicted molar refractivity (Wildman–Crippen MR) is 214 cm³/mol. The lowest BCUT2D eigenvalue weighted by atomic mass is 10.1. The van der Waals surface area contributed by atoms with Gasteiger partial charge in [0.1, 0.15) is 13.2 Å². The van der Waals surface area contributed by atoms with Crippen molar-refractivity contribution in [2.75, 3.05) is 13.2 Å². The first kappa shape index (κ1) is 47.8. The van der Waals surface area contributed by atoms with Crippen molar-refractivity contribution >= 4 is 17.9 Å². The summed E-state index contributed by atoms with van der Waals surface area (Å²) in [6.45, 7) is 6.36. The first-order valence-electron chi connectivity index (χ1n) is 20.5. The van der Waals surface area contributed by atoms with Crippen LogP contribution < -0.4 is 0 Å². The van der Waals surface area contributed by atoms with E-state index in [2.05, 4.69) is 93.7 Å². The summed E-state index contributed by atoms with van der Waals surface area (Å²) >= 11 is 0. The zero-order valence-corrected chi connectivity index (χ0v) is 32.8. The standard InChI is InChI=1S/C45H74O6/c1-4-7-10-13-16-19-22-25-28-31-34-37-43(46)49-40-42(51-45(48)39-36-33-30-27-24-21-18-15-12-9-6-3)41-50-44(47)38-35-32-29-26-23-20-17-14-11-8-5-2/h13-24,42H,4-12,25-41H2,1-3H3/b16-13-,17-14-,18-15-,22-19-,23-20-,24-21-. The maximum absolute atomic E-state index is 12.6. The Balaban J connectivity index is 4.53. The number of hydrogen-bond acceptors (Lipinski definition) is 6. The molecule has 0 aromatic rings. The molecule has 0 unspecified atom stereocenters. The van der Waals surface area contributed by atoms with Crippen LogP contribution in [-0.2, 0) is 28.6 Å². The number of rotatable bonds is 35. The summed E-state index contributed by atoms with van der Waals surface area (Å²) in [4.78, 5) is 37.5. The van der Waals surface area contributed by atoms with E-state index in [9.17, 15) is 14.4 Å². The Bertz CT molecular complexity index is 948. The Kier molecular flexibility index (Phi) is 37.2. The van der Waals surface area contributed by atoms with E-state index in [0.717, 1.165) is 96.3 Å². The number of hydrogen-bond donors (Lipinski definition) is 0. The largest absolute Gasteiger partial charge is 0.462 e. The summed E-state index contributed by atoms with van der Waals surface area (Å²) in [5.74, 6) is -1.01. The van der Waals surface area contributed by atoms with Gasteiger partial charge in [0.25, 0.3) is 0 Å². The normalized spacial score (nSPS) is 12.2. The Morgan fingerprint density at radius 3 is 1.00 bits per heavy atom. The molecule has 0 aliphatic carbocycles. The summed E-state index contributed by atoms with van der Waals surface area (Å²) in [6.07, 6.45) is 47.4. The van der Waals surface area contributed by atoms with E-state index in [1.165, 1.54) is 38.5 Å². The Morgan fingerprint density at radius 2 is 0.686 bits per heavy atom. The molecule has 0 bridgehead atoms. The van der Waals surface area contributed by atoms with Gasteiger partial charge in [-0.05, 0) is 77.0 Å². The van der Waals surface area contributed by atoms with Crippen molar-refractivity contribution in [2.45, 2.75) is 181 Å². The summed E-state index contributed by atoms with van der Waals surface area (Å²) in [5, 5.41) is 0. The first-order valence-corrected chi connectivity index (χ1v) is 20.5. The monoisotopic (exact) mass is 711 g/mol. The van der Waals surface area contributed by atoms with E-state index in [4.69, 9.17) is 14.2 Å². The minimum atomic E-state index is -0.807. The summed E-state index contributed by atoms with van der Waals surface area (Å²) in [6, 6.07) is 0. The van der Waals surface area contributed by atoms with Gasteiger partial charge in [-0.3, -0.25) is 14.4 Å². The topological polar surface area (TPSA) is 78.9 Å². The minimum Gasteiger partial charge on any atom is -0.462 e. The average molecular weight is 711 g/mol. The number of allylic oxidation sites excluding steroid dienone is 12. The molecule has 6 heteroatoms. The highest BCUT2D eigenvalue weighted by molar-refractivity contribution is 5.71. The highest BCUT2D eigenvalue weighted by Crippen LogP contribution is 2.11. The number of carbonyl (C=O) groups excluding carboxylic acids is 3. The lowest BCUT2D eigenvalue weighted by Crippen LogP contribution is -2.30. The Morgan fingerprint density at radius 1 is 0.392 bits per heavy atom. The predicted octanol–water partition coefficient (Wildman–Crippen LogP) is 12.7. The van der Waals surface area contributed by atoms with Crippen LogP contribution in [0.1, 0.15) is 175 Å². The van der Waals surface area contributed by atoms with E-state index in [1.807, 2.05) is 0 Å². The van der Waals surface area contributed by atoms with Crippen molar-refractivity contribution in [1.82, 2.24) is 0 Å². The molecule has 51 heavy (non-hydrogen) atoms. The zero-order valence-electron chi connectivity index (χ0n) is 32.8. The van der Waals surface area contributed by atoms with Crippen molar-refractivity contribution in [2.24, 2.45) is 0 Å². The van der Waals surface area contributed by atoms with E-state index >= 15 is 0 Å². The fourth-order valence-electron chi connectivity index (χ4n) is 5.02. The van der Waals surface area contributed by atoms with Crippen LogP contribution in [0, 0.1) is 0 Å². The van der Waals surface area contributed by atoms with Crippen LogP contribution in [-0.4, -0.2) is 37.2 Å². The highest BCUT2D eigenvalue weighted by Gasteiger charge is 2.19. The number of carbonyl (C=O) groups is 3. The third-order valence-electron chi connectivity index (χ3n) is 8.24. The quantitative estimate of drug-likeness (QED) is 0.0282. The molecule has 0 amide bonds. The van der Waals surface area contributed by atoms with Crippen LogP contribution in [0.25, 0.3) is 0 Å². The van der Waals surface area contributed by atoms with Gasteiger partial charge in [-0.15, -0.1) is 0 Å². The van der Waals surface area contributed by atoms with Gasteiger partial charge in [-0.25, -0.2) is 0 Å². The van der Waals surface area contributed by atoms with Gasteiger partial charge in [0.2, 0.25) is 0 Å². The van der Waals surface area contributed by atoms with E-state index in [0.29, 0.717) is 12.8 Å². The van der Waals surface area contributed by atoms with Crippen LogP contribution in [0.2, 0.25) is 0 Å². The van der Waals surface area contributed by atoms with Gasteiger partial charge in [-0.2, -0.15) is 0 Å². The molecule has 0 heterocycles. The van der Waals surface area contributed by atoms with Crippen LogP contribution in [0.4, 0.5) is 0 Å². The average Bonchev–Trinajstić information content (AvgIpc) is 3.12. The molecule has 0 fully saturated rings. The second-order valence-electron chi connectivity index (χ2n) is 13.3. The van der Waals surface area contributed by atoms with Gasteiger partial charge >= 0.3 is 17.9 Å². The highest BCUT2D eigenvalue weighted by atomic mass is 16.6. The third-order valence-corrected chi connectivity index (χ3v) is 8.24. The van der Waals surface area contributed by atoms with Crippen molar-refractivity contribution < 1.29 is 28.6 Å². The fourth-order valence-corrected chi connectivity index (χ4v) is 5.02. The van der Waals surface area contributed by atoms with Crippen molar-refractivity contribution in [3.63, 3.8) is 0 Å². The summed E-state index contributed by atoms with van der Waals surface area (Å²) < 4.78 is 16.5. The maximum atomic E-state index is 12.6. The van der Waals surface area contributed by atoms with Gasteiger partial charge in [-0.1, -0.05) is 151 Å². The number of esters is 3. The molecule has 6 nitrogen and oxygen atoms in total. The van der Waals surface area contributed by atoms with Gasteiger partial charge in [0.05, 0.1) is 0 Å². The van der Waals surface area contributed by atoms with Crippen molar-refractivity contribution in [1.29, 1.82) is 0 Å². The molecule has 0 aromatic heterocycles. The second-order valence-corrected chi connectivity index (χ2v) is 13.3. The fraction of sp³-hybridized carbons (Fsp3) is 0.667. The van der Waals surface area contributed by atoms with Crippen molar-refractivity contribution in [3.05, 3.63) is 72.9 Å². The lowest BCUT2D eigenvalue weighted by molar-refractivity contribution is -0.167. The van der Waals surface area contributed by atoms with Crippen LogP contribution in [0.15, 0.2) is 72.9 Å². The van der Waals surface area contributed by atoms with E-state index in [-0.39, 0.29) is 37.5 Å². The Labute approximate surface area is 312 Å². The molecular weight excluding hydrogens is 636 g/mol. The van der Waals surface area contributed by atoms with Gasteiger partial charge < -0.3 is 14.2 Å². The zero-order chi connectivity index (χ0) is 37.3. The summed E-state index contributed by atoms with van der Waals surface area (Å²) in [7, 11) is 0. The molecule has 0 radical (unpaired) electrons. The smallest absolute Gasteiger partial charge is 0.306 e.